The molecule has 0 amide bonds. The fourth-order valence-electron chi connectivity index (χ4n) is 2.13. The number of Topliss-reactive ketones (excluding diaryl/α,β-unsaturated/α-hetero) is 1. The van der Waals surface area contributed by atoms with Crippen molar-refractivity contribution >= 4 is 17.4 Å². The highest BCUT2D eigenvalue weighted by Gasteiger charge is 2.20. The van der Waals surface area contributed by atoms with Crippen LogP contribution in [0, 0.1) is 0 Å². The van der Waals surface area contributed by atoms with E-state index < -0.39 is 0 Å². The molecule has 3 rings (SSSR count). The van der Waals surface area contributed by atoms with E-state index in [-0.39, 0.29) is 5.78 Å². The largest absolute Gasteiger partial charge is 0.364 e. The van der Waals surface area contributed by atoms with E-state index in [9.17, 15) is 4.79 Å². The maximum Gasteiger partial charge on any atom is 0.153 e. The maximum absolute atomic E-state index is 11.3. The lowest BCUT2D eigenvalue weighted by atomic mass is 10.3. The Balaban J connectivity index is 1.67. The summed E-state index contributed by atoms with van der Waals surface area (Å²) in [6.07, 6.45) is 3.87. The minimum Gasteiger partial charge on any atom is -0.364 e. The maximum atomic E-state index is 11.3. The monoisotopic (exact) mass is 269 g/mol. The molecule has 1 fully saturated rings. The van der Waals surface area contributed by atoms with E-state index >= 15 is 0 Å². The molecule has 102 valence electrons. The van der Waals surface area contributed by atoms with Gasteiger partial charge in [0.15, 0.2) is 5.78 Å². The second-order valence-electron chi connectivity index (χ2n) is 4.65. The number of pyridine rings is 1. The van der Waals surface area contributed by atoms with Gasteiger partial charge in [-0.15, -0.1) is 0 Å². The van der Waals surface area contributed by atoms with Crippen LogP contribution in [0.5, 0.6) is 0 Å². The highest BCUT2D eigenvalue weighted by molar-refractivity contribution is 5.86. The Kier molecular flexibility index (Phi) is 3.54. The van der Waals surface area contributed by atoms with Crippen LogP contribution in [0.4, 0.5) is 11.6 Å². The molecule has 20 heavy (non-hydrogen) atoms. The van der Waals surface area contributed by atoms with Crippen LogP contribution in [0.3, 0.4) is 0 Å². The molecule has 0 saturated carbocycles. The van der Waals surface area contributed by atoms with E-state index in [0.717, 1.165) is 23.9 Å². The summed E-state index contributed by atoms with van der Waals surface area (Å²) in [4.78, 5) is 25.9. The van der Waals surface area contributed by atoms with Crippen LogP contribution in [-0.2, 0) is 11.3 Å². The van der Waals surface area contributed by atoms with Crippen molar-refractivity contribution in [1.29, 1.82) is 0 Å². The topological polar surface area (TPSA) is 71.0 Å². The molecule has 0 bridgehead atoms. The summed E-state index contributed by atoms with van der Waals surface area (Å²) in [5.74, 6) is 1.78. The number of aromatic nitrogens is 3. The van der Waals surface area contributed by atoms with E-state index in [1.54, 1.807) is 6.20 Å². The Hall–Kier alpha value is -2.50. The predicted molar refractivity (Wildman–Crippen MR) is 75.4 cm³/mol. The minimum atomic E-state index is 0.256. The predicted octanol–water partition coefficient (Wildman–Crippen LogP) is 1.26. The van der Waals surface area contributed by atoms with E-state index in [0.29, 0.717) is 19.5 Å². The molecule has 0 spiro atoms. The summed E-state index contributed by atoms with van der Waals surface area (Å²) < 4.78 is 0. The van der Waals surface area contributed by atoms with Crippen molar-refractivity contribution in [2.75, 3.05) is 23.3 Å². The van der Waals surface area contributed by atoms with Crippen molar-refractivity contribution in [3.05, 3.63) is 42.5 Å². The Morgan fingerprint density at radius 1 is 1.25 bits per heavy atom. The average Bonchev–Trinajstić information content (AvgIpc) is 2.93. The Labute approximate surface area is 116 Å². The summed E-state index contributed by atoms with van der Waals surface area (Å²) in [5, 5.41) is 3.21. The third-order valence-corrected chi connectivity index (χ3v) is 3.18. The summed E-state index contributed by atoms with van der Waals surface area (Å²) in [7, 11) is 0. The smallest absolute Gasteiger partial charge is 0.153 e. The van der Waals surface area contributed by atoms with Crippen LogP contribution in [0.15, 0.2) is 36.8 Å². The first-order valence-corrected chi connectivity index (χ1v) is 6.54. The lowest BCUT2D eigenvalue weighted by molar-refractivity contribution is -0.116. The van der Waals surface area contributed by atoms with Gasteiger partial charge in [-0.05, 0) is 12.1 Å². The molecule has 0 atom stereocenters. The first-order valence-electron chi connectivity index (χ1n) is 6.54. The van der Waals surface area contributed by atoms with Gasteiger partial charge < -0.3 is 10.2 Å². The number of nitrogens with zero attached hydrogens (tertiary/aromatic N) is 4. The molecule has 1 aliphatic rings. The molecule has 1 saturated heterocycles. The summed E-state index contributed by atoms with van der Waals surface area (Å²) >= 11 is 0. The van der Waals surface area contributed by atoms with Gasteiger partial charge >= 0.3 is 0 Å². The molecule has 0 unspecified atom stereocenters. The lowest BCUT2D eigenvalue weighted by Gasteiger charge is -2.15. The van der Waals surface area contributed by atoms with Gasteiger partial charge in [0.2, 0.25) is 0 Å². The van der Waals surface area contributed by atoms with Gasteiger partial charge in [0, 0.05) is 25.2 Å². The minimum absolute atomic E-state index is 0.256. The molecule has 1 N–H and O–H groups in total. The fourth-order valence-corrected chi connectivity index (χ4v) is 2.13. The van der Waals surface area contributed by atoms with Gasteiger partial charge in [-0.25, -0.2) is 9.97 Å². The second-order valence-corrected chi connectivity index (χ2v) is 4.65. The first kappa shape index (κ1) is 12.5. The van der Waals surface area contributed by atoms with Crippen molar-refractivity contribution in [1.82, 2.24) is 15.0 Å². The van der Waals surface area contributed by atoms with Gasteiger partial charge in [0.1, 0.15) is 18.0 Å². The van der Waals surface area contributed by atoms with Crippen LogP contribution < -0.4 is 10.2 Å². The molecule has 6 heteroatoms. The first-order chi connectivity index (χ1) is 9.81. The number of carbonyl (C=O) groups excluding carboxylic acids is 1. The lowest BCUT2D eigenvalue weighted by Crippen LogP contribution is -2.21. The average molecular weight is 269 g/mol. The van der Waals surface area contributed by atoms with Gasteiger partial charge in [0.05, 0.1) is 18.8 Å². The summed E-state index contributed by atoms with van der Waals surface area (Å²) in [6.45, 7) is 1.78. The van der Waals surface area contributed by atoms with Crippen LogP contribution in [0.25, 0.3) is 0 Å². The number of hydrogen-bond acceptors (Lipinski definition) is 6. The van der Waals surface area contributed by atoms with Crippen molar-refractivity contribution < 1.29 is 4.79 Å². The molecule has 3 heterocycles. The zero-order chi connectivity index (χ0) is 13.8. The third kappa shape index (κ3) is 2.90. The zero-order valence-electron chi connectivity index (χ0n) is 11.0. The Morgan fingerprint density at radius 3 is 2.95 bits per heavy atom. The normalized spacial score (nSPS) is 14.6. The van der Waals surface area contributed by atoms with E-state index in [2.05, 4.69) is 20.3 Å². The number of anilines is 2. The molecule has 0 aromatic carbocycles. The SMILES string of the molecule is O=C1CCN(c2cc(NCc3ccccn3)ncn2)C1. The van der Waals surface area contributed by atoms with Gasteiger partial charge in [-0.2, -0.15) is 0 Å². The highest BCUT2D eigenvalue weighted by Crippen LogP contribution is 2.18. The fraction of sp³-hybridized carbons (Fsp3) is 0.286. The van der Waals surface area contributed by atoms with Crippen LogP contribution in [0.2, 0.25) is 0 Å². The van der Waals surface area contributed by atoms with Crippen LogP contribution >= 0.6 is 0 Å². The molecular weight excluding hydrogens is 254 g/mol. The molecule has 1 aliphatic heterocycles. The third-order valence-electron chi connectivity index (χ3n) is 3.18. The van der Waals surface area contributed by atoms with Crippen molar-refractivity contribution in [2.45, 2.75) is 13.0 Å². The number of carbonyl (C=O) groups is 1. The van der Waals surface area contributed by atoms with Crippen LogP contribution in [0.1, 0.15) is 12.1 Å². The number of rotatable bonds is 4. The number of ketones is 1. The van der Waals surface area contributed by atoms with Gasteiger partial charge in [0.25, 0.3) is 0 Å². The molecule has 2 aromatic rings. The van der Waals surface area contributed by atoms with E-state index in [1.807, 2.05) is 29.2 Å². The van der Waals surface area contributed by atoms with Gasteiger partial charge in [-0.3, -0.25) is 9.78 Å². The number of hydrogen-bond donors (Lipinski definition) is 1. The zero-order valence-corrected chi connectivity index (χ0v) is 11.0. The molecule has 0 radical (unpaired) electrons. The Morgan fingerprint density at radius 2 is 2.20 bits per heavy atom. The summed E-state index contributed by atoms with van der Waals surface area (Å²) in [5.41, 5.74) is 0.948. The van der Waals surface area contributed by atoms with Crippen molar-refractivity contribution in [3.8, 4) is 0 Å². The van der Waals surface area contributed by atoms with Crippen molar-refractivity contribution in [2.24, 2.45) is 0 Å². The van der Waals surface area contributed by atoms with Gasteiger partial charge in [-0.1, -0.05) is 6.07 Å². The second kappa shape index (κ2) is 5.64. The molecule has 6 nitrogen and oxygen atoms in total. The highest BCUT2D eigenvalue weighted by atomic mass is 16.1. The van der Waals surface area contributed by atoms with Crippen molar-refractivity contribution in [3.63, 3.8) is 0 Å². The molecule has 2 aromatic heterocycles. The van der Waals surface area contributed by atoms with E-state index in [1.165, 1.54) is 6.33 Å². The quantitative estimate of drug-likeness (QED) is 0.901. The number of nitrogens with one attached hydrogen (secondary N) is 1. The Bertz CT molecular complexity index is 602. The van der Waals surface area contributed by atoms with Crippen LogP contribution in [-0.4, -0.2) is 33.8 Å². The standard InChI is InChI=1S/C14H15N5O/c20-12-4-6-19(9-12)14-7-13(17-10-18-14)16-8-11-3-1-2-5-15-11/h1-3,5,7,10H,4,6,8-9H2,(H,16,17,18). The summed E-state index contributed by atoms with van der Waals surface area (Å²) in [6, 6.07) is 7.65. The van der Waals surface area contributed by atoms with E-state index in [4.69, 9.17) is 0 Å². The molecular formula is C14H15N5O. The molecule has 0 aliphatic carbocycles.